The Morgan fingerprint density at radius 3 is 1.23 bits per heavy atom. The van der Waals surface area contributed by atoms with E-state index in [0.717, 1.165) is 66.0 Å². The number of aromatic nitrogens is 1. The maximum atomic E-state index is 5.44. The van der Waals surface area contributed by atoms with E-state index < -0.39 is 0 Å². The monoisotopic (exact) mass is 1410 g/mol. The molecule has 1 aliphatic heterocycles. The zero-order chi connectivity index (χ0) is 69.1. The number of aryl methyl sites for hydroxylation is 3. The minimum Gasteiger partial charge on any atom is -0.496 e. The Hall–Kier alpha value is -4.90. The Bertz CT molecular complexity index is 3550. The molecule has 4 nitrogen and oxygen atoms in total. The van der Waals surface area contributed by atoms with Gasteiger partial charge in [0.2, 0.25) is 0 Å². The van der Waals surface area contributed by atoms with Crippen molar-refractivity contribution in [2.75, 3.05) is 51.6 Å². The Labute approximate surface area is 612 Å². The molecule has 0 unspecified atom stereocenters. The van der Waals surface area contributed by atoms with Gasteiger partial charge in [-0.2, -0.15) is 0 Å². The molecule has 8 aromatic rings. The molecule has 0 radical (unpaired) electrons. The second-order valence-corrected chi connectivity index (χ2v) is 40.7. The molecule has 7 aliphatic rings. The van der Waals surface area contributed by atoms with Crippen molar-refractivity contribution in [2.45, 2.75) is 247 Å². The van der Waals surface area contributed by atoms with Crippen molar-refractivity contribution in [3.8, 4) is 33.7 Å². The fourth-order valence-electron chi connectivity index (χ4n) is 17.9. The van der Waals surface area contributed by atoms with Crippen molar-refractivity contribution in [1.29, 1.82) is 0 Å². The summed E-state index contributed by atoms with van der Waals surface area (Å²) in [5.41, 5.74) is 19.8. The van der Waals surface area contributed by atoms with E-state index in [1.54, 1.807) is 28.7 Å². The number of anilines is 1. The van der Waals surface area contributed by atoms with Crippen molar-refractivity contribution >= 4 is 58.7 Å². The van der Waals surface area contributed by atoms with E-state index >= 15 is 0 Å². The lowest BCUT2D eigenvalue weighted by molar-refractivity contribution is 0.123. The number of para-hydroxylation sites is 2. The van der Waals surface area contributed by atoms with Gasteiger partial charge in [0.15, 0.2) is 0 Å². The summed E-state index contributed by atoms with van der Waals surface area (Å²) in [7, 11) is 1.71. The zero-order valence-corrected chi connectivity index (χ0v) is 66.1. The van der Waals surface area contributed by atoms with E-state index in [1.807, 2.05) is 12.1 Å². The van der Waals surface area contributed by atoms with Crippen LogP contribution in [-0.2, 0) is 4.74 Å². The molecular weight excluding hydrogens is 1290 g/mol. The third-order valence-electron chi connectivity index (χ3n) is 23.1. The highest BCUT2D eigenvalue weighted by Crippen LogP contribution is 2.58. The third-order valence-corrected chi connectivity index (χ3v) is 35.1. The summed E-state index contributed by atoms with van der Waals surface area (Å²) in [6.45, 7) is 15.0. The summed E-state index contributed by atoms with van der Waals surface area (Å²) < 4.78 is 13.3. The number of morpholine rings is 1. The molecule has 8 heteroatoms. The number of ether oxygens (including phenoxy) is 2. The van der Waals surface area contributed by atoms with E-state index in [-0.39, 0.29) is 31.7 Å². The van der Waals surface area contributed by atoms with Crippen LogP contribution in [0.2, 0.25) is 0 Å². The summed E-state index contributed by atoms with van der Waals surface area (Å²) in [6, 6.07) is 68.8. The van der Waals surface area contributed by atoms with Crippen LogP contribution in [0.5, 0.6) is 5.75 Å². The minimum absolute atomic E-state index is 0.0237. The molecule has 15 rings (SSSR count). The van der Waals surface area contributed by atoms with Gasteiger partial charge in [-0.25, -0.2) is 0 Å². The maximum Gasteiger partial charge on any atom is 0.126 e. The van der Waals surface area contributed by atoms with Gasteiger partial charge >= 0.3 is 0 Å². The van der Waals surface area contributed by atoms with E-state index in [4.69, 9.17) is 9.47 Å². The van der Waals surface area contributed by atoms with Crippen LogP contribution in [0.3, 0.4) is 0 Å². The fraction of sp³-hybridized carbons (Fsp3) is 0.500. The second kappa shape index (κ2) is 41.0. The van der Waals surface area contributed by atoms with Gasteiger partial charge in [0, 0.05) is 41.7 Å². The number of rotatable bonds is 15. The average molecular weight is 1410 g/mol. The predicted molar refractivity (Wildman–Crippen MR) is 446 cm³/mol. The molecule has 7 fully saturated rings. The summed E-state index contributed by atoms with van der Waals surface area (Å²) in [4.78, 5) is 2.45. The first-order valence-corrected chi connectivity index (χ1v) is 46.5. The minimum atomic E-state index is -0.0365. The standard InChI is InChI=1S/C24H31P.C22H30NP.C19H29P.C15H16O.C12H18NOP/c1-4-12-20(13-5-1)23-18-10-11-19-24(23)25(21-14-6-2-7-15-21)22-16-8-3-9-17-22;1-4-11-19(12-5-1)23-18-10-17-22(23)24(20-13-6-2-7-14-20)21-15-8-3-9-16-21;1-16-10-8-9-15-19(16)20(17-11-4-2-5-12-17)18-13-6-3-7-14-18;1-11-7-4-5-9-13(11)15-12(2)8-6-10-14(15)16-3;1-15(2)12-6-4-3-5-11(12)13-7-9-14-10-8-13/h1,4-5,10-13,18-19,21-22H,2-3,6-9,14-17H2;1,4-5,10-12,17-18,20-21H,2-3,6-9,13-16H2;8-10,15,17-18H,2-7,11-14H2,1H3;4-10H,1-3H3;3-6H,7-10H2,1-2H3. The van der Waals surface area contributed by atoms with Crippen molar-refractivity contribution in [1.82, 2.24) is 4.57 Å². The Balaban J connectivity index is 0.000000128. The topological polar surface area (TPSA) is 26.6 Å². The molecule has 0 spiro atoms. The normalized spacial score (nSPS) is 18.6. The molecule has 1 aromatic heterocycles. The van der Waals surface area contributed by atoms with Gasteiger partial charge in [0.1, 0.15) is 5.75 Å². The Morgan fingerprint density at radius 2 is 0.750 bits per heavy atom. The summed E-state index contributed by atoms with van der Waals surface area (Å²) >= 11 is 0. The van der Waals surface area contributed by atoms with Crippen LogP contribution < -0.4 is 31.0 Å². The Kier molecular flexibility index (Phi) is 31.2. The van der Waals surface area contributed by atoms with Crippen molar-refractivity contribution in [3.05, 3.63) is 211 Å². The lowest BCUT2D eigenvalue weighted by Gasteiger charge is -2.39. The molecule has 6 saturated carbocycles. The number of nitrogens with zero attached hydrogens (tertiary/aromatic N) is 2. The highest BCUT2D eigenvalue weighted by molar-refractivity contribution is 7.68. The first kappa shape index (κ1) is 76.2. The van der Waals surface area contributed by atoms with Gasteiger partial charge in [0.25, 0.3) is 0 Å². The van der Waals surface area contributed by atoms with Crippen LogP contribution in [0.1, 0.15) is 209 Å². The highest BCUT2D eigenvalue weighted by Gasteiger charge is 2.37. The lowest BCUT2D eigenvalue weighted by Crippen LogP contribution is -2.38. The molecule has 0 N–H and O–H groups in total. The van der Waals surface area contributed by atoms with Crippen molar-refractivity contribution < 1.29 is 9.47 Å². The van der Waals surface area contributed by atoms with Gasteiger partial charge in [-0.05, 0) is 231 Å². The molecular formula is C92H124N2O2P4. The first-order chi connectivity index (χ1) is 49.2. The molecule has 100 heavy (non-hydrogen) atoms. The Morgan fingerprint density at radius 1 is 0.350 bits per heavy atom. The first-order valence-electron chi connectivity index (χ1n) is 39.8. The van der Waals surface area contributed by atoms with Gasteiger partial charge in [0.05, 0.1) is 20.3 Å². The highest BCUT2D eigenvalue weighted by atomic mass is 31.1. The van der Waals surface area contributed by atoms with E-state index in [9.17, 15) is 0 Å². The van der Waals surface area contributed by atoms with E-state index in [1.165, 1.54) is 243 Å². The molecule has 7 aromatic carbocycles. The molecule has 6 aliphatic carbocycles. The third kappa shape index (κ3) is 21.2. The largest absolute Gasteiger partial charge is 0.496 e. The SMILES string of the molecule is COc1cccc(C)c1-c1ccccc1C.CP(C)c1ccccc1N1CCOCC1.Cc1ccccc1P(C1CCCCC1)C1CCCCC1.c1ccc(-c2ccccc2P(C2CCCCC2)C2CCCCC2)cc1.c1ccc(-n2cccc2P(C2CCCCC2)C2CCCCC2)cc1. The number of hydrogen-bond acceptors (Lipinski definition) is 3. The number of benzene rings is 7. The number of methoxy groups -OCH3 is 1. The van der Waals surface area contributed by atoms with Crippen LogP contribution in [0.15, 0.2) is 194 Å². The van der Waals surface area contributed by atoms with Crippen molar-refractivity contribution in [3.63, 3.8) is 0 Å². The quantitative estimate of drug-likeness (QED) is 0.0957. The van der Waals surface area contributed by atoms with Crippen LogP contribution in [0, 0.1) is 20.8 Å². The summed E-state index contributed by atoms with van der Waals surface area (Å²) in [6.07, 6.45) is 46.6. The summed E-state index contributed by atoms with van der Waals surface area (Å²) in [5.74, 6) is 0.939. The molecule has 0 bridgehead atoms. The zero-order valence-electron chi connectivity index (χ0n) is 62.5. The van der Waals surface area contributed by atoms with Crippen LogP contribution in [0.25, 0.3) is 27.9 Å². The smallest absolute Gasteiger partial charge is 0.126 e. The van der Waals surface area contributed by atoms with Gasteiger partial charge < -0.3 is 18.9 Å². The van der Waals surface area contributed by atoms with E-state index in [0.29, 0.717) is 0 Å². The number of hydrogen-bond donors (Lipinski definition) is 0. The van der Waals surface area contributed by atoms with E-state index in [2.05, 4.69) is 226 Å². The maximum absolute atomic E-state index is 5.44. The lowest BCUT2D eigenvalue weighted by atomic mass is 9.96. The second-order valence-electron chi connectivity index (χ2n) is 30.2. The molecule has 2 heterocycles. The molecule has 1 saturated heterocycles. The van der Waals surface area contributed by atoms with Crippen molar-refractivity contribution in [2.24, 2.45) is 0 Å². The summed E-state index contributed by atoms with van der Waals surface area (Å²) in [5, 5.41) is 4.97. The van der Waals surface area contributed by atoms with Gasteiger partial charge in [-0.15, -0.1) is 0 Å². The van der Waals surface area contributed by atoms with Crippen LogP contribution in [0.4, 0.5) is 5.69 Å². The predicted octanol–water partition coefficient (Wildman–Crippen LogP) is 25.0. The molecule has 0 amide bonds. The van der Waals surface area contributed by atoms with Crippen LogP contribution in [-0.4, -0.2) is 85.3 Å². The molecule has 0 atom stereocenters. The average Bonchev–Trinajstić information content (AvgIpc) is 1.14. The molecule has 534 valence electrons. The van der Waals surface area contributed by atoms with Gasteiger partial charge in [-0.3, -0.25) is 0 Å². The fourth-order valence-corrected chi connectivity index (χ4v) is 30.8. The van der Waals surface area contributed by atoms with Gasteiger partial charge in [-0.1, -0.05) is 299 Å². The van der Waals surface area contributed by atoms with Crippen LogP contribution >= 0.6 is 31.7 Å².